The first-order valence-electron chi connectivity index (χ1n) is 6.58. The Morgan fingerprint density at radius 1 is 1.14 bits per heavy atom. The SMILES string of the molecule is COCCc1ccc(Oc2ccc(CN)c(Br)c2F)cc1. The van der Waals surface area contributed by atoms with Crippen LogP contribution in [0.1, 0.15) is 11.1 Å². The van der Waals surface area contributed by atoms with Gasteiger partial charge in [-0.25, -0.2) is 4.39 Å². The third-order valence-corrected chi connectivity index (χ3v) is 3.95. The highest BCUT2D eigenvalue weighted by atomic mass is 79.9. The van der Waals surface area contributed by atoms with Gasteiger partial charge in [0.1, 0.15) is 5.75 Å². The maximum Gasteiger partial charge on any atom is 0.180 e. The summed E-state index contributed by atoms with van der Waals surface area (Å²) in [6.45, 7) is 0.939. The molecule has 0 amide bonds. The molecule has 2 aromatic carbocycles. The lowest BCUT2D eigenvalue weighted by molar-refractivity contribution is 0.202. The van der Waals surface area contributed by atoms with Gasteiger partial charge >= 0.3 is 0 Å². The highest BCUT2D eigenvalue weighted by Gasteiger charge is 2.12. The Morgan fingerprint density at radius 3 is 2.48 bits per heavy atom. The predicted molar refractivity (Wildman–Crippen MR) is 84.1 cm³/mol. The highest BCUT2D eigenvalue weighted by Crippen LogP contribution is 2.31. The second-order valence-electron chi connectivity index (χ2n) is 4.54. The standard InChI is InChI=1S/C16H17BrFNO2/c1-20-9-8-11-2-5-13(6-3-11)21-14-7-4-12(10-19)15(17)16(14)18/h2-7H,8-10,19H2,1H3. The predicted octanol–water partition coefficient (Wildman–Crippen LogP) is 4.03. The van der Waals surface area contributed by atoms with Gasteiger partial charge in [0, 0.05) is 13.7 Å². The molecule has 21 heavy (non-hydrogen) atoms. The molecule has 112 valence electrons. The molecular formula is C16H17BrFNO2. The van der Waals surface area contributed by atoms with E-state index in [2.05, 4.69) is 15.9 Å². The van der Waals surface area contributed by atoms with Crippen molar-refractivity contribution in [2.75, 3.05) is 13.7 Å². The third kappa shape index (κ3) is 4.03. The van der Waals surface area contributed by atoms with Crippen molar-refractivity contribution in [1.29, 1.82) is 0 Å². The summed E-state index contributed by atoms with van der Waals surface area (Å²) in [7, 11) is 1.67. The Balaban J connectivity index is 2.13. The zero-order valence-corrected chi connectivity index (χ0v) is 13.3. The number of benzene rings is 2. The van der Waals surface area contributed by atoms with Crippen molar-refractivity contribution in [2.24, 2.45) is 5.73 Å². The van der Waals surface area contributed by atoms with Gasteiger partial charge in [0.2, 0.25) is 0 Å². The number of hydrogen-bond donors (Lipinski definition) is 1. The van der Waals surface area contributed by atoms with Crippen LogP contribution >= 0.6 is 15.9 Å². The van der Waals surface area contributed by atoms with Crippen molar-refractivity contribution in [2.45, 2.75) is 13.0 Å². The van der Waals surface area contributed by atoms with Crippen LogP contribution in [0.5, 0.6) is 11.5 Å². The van der Waals surface area contributed by atoms with E-state index in [1.807, 2.05) is 24.3 Å². The van der Waals surface area contributed by atoms with E-state index in [0.29, 0.717) is 22.4 Å². The molecule has 0 saturated heterocycles. The van der Waals surface area contributed by atoms with E-state index in [1.54, 1.807) is 19.2 Å². The number of halogens is 2. The van der Waals surface area contributed by atoms with E-state index in [4.69, 9.17) is 15.2 Å². The first kappa shape index (κ1) is 15.9. The number of methoxy groups -OCH3 is 1. The van der Waals surface area contributed by atoms with Gasteiger partial charge in [0.15, 0.2) is 11.6 Å². The van der Waals surface area contributed by atoms with Gasteiger partial charge in [-0.15, -0.1) is 0 Å². The quantitative estimate of drug-likeness (QED) is 0.852. The van der Waals surface area contributed by atoms with Crippen LogP contribution < -0.4 is 10.5 Å². The second kappa shape index (κ2) is 7.54. The van der Waals surface area contributed by atoms with Crippen LogP contribution in [0, 0.1) is 5.82 Å². The Morgan fingerprint density at radius 2 is 1.86 bits per heavy atom. The first-order chi connectivity index (χ1) is 10.2. The molecule has 0 radical (unpaired) electrons. The fourth-order valence-electron chi connectivity index (χ4n) is 1.88. The van der Waals surface area contributed by atoms with E-state index in [9.17, 15) is 4.39 Å². The lowest BCUT2D eigenvalue weighted by Crippen LogP contribution is -2.00. The van der Waals surface area contributed by atoms with Gasteiger partial charge < -0.3 is 15.2 Å². The molecule has 5 heteroatoms. The molecule has 0 saturated carbocycles. The summed E-state index contributed by atoms with van der Waals surface area (Å²) in [5, 5.41) is 0. The van der Waals surface area contributed by atoms with Crippen molar-refractivity contribution in [3.05, 3.63) is 57.8 Å². The van der Waals surface area contributed by atoms with Crippen molar-refractivity contribution >= 4 is 15.9 Å². The van der Waals surface area contributed by atoms with E-state index in [1.165, 1.54) is 0 Å². The third-order valence-electron chi connectivity index (χ3n) is 3.09. The number of hydrogen-bond acceptors (Lipinski definition) is 3. The molecular weight excluding hydrogens is 337 g/mol. The maximum atomic E-state index is 14.1. The summed E-state index contributed by atoms with van der Waals surface area (Å²) < 4.78 is 25.1. The molecule has 0 spiro atoms. The molecule has 0 aliphatic rings. The van der Waals surface area contributed by atoms with Gasteiger partial charge in [-0.1, -0.05) is 18.2 Å². The molecule has 0 aromatic heterocycles. The van der Waals surface area contributed by atoms with E-state index < -0.39 is 5.82 Å². The molecule has 0 atom stereocenters. The summed E-state index contributed by atoms with van der Waals surface area (Å²) in [6.07, 6.45) is 0.835. The summed E-state index contributed by atoms with van der Waals surface area (Å²) in [4.78, 5) is 0. The monoisotopic (exact) mass is 353 g/mol. The zero-order chi connectivity index (χ0) is 15.2. The second-order valence-corrected chi connectivity index (χ2v) is 5.34. The molecule has 0 unspecified atom stereocenters. The van der Waals surface area contributed by atoms with Gasteiger partial charge in [-0.05, 0) is 51.7 Å². The molecule has 0 aliphatic carbocycles. The molecule has 0 bridgehead atoms. The Hall–Kier alpha value is -1.43. The topological polar surface area (TPSA) is 44.5 Å². The smallest absolute Gasteiger partial charge is 0.180 e. The van der Waals surface area contributed by atoms with Crippen molar-refractivity contribution < 1.29 is 13.9 Å². The van der Waals surface area contributed by atoms with Crippen LogP contribution in [0.4, 0.5) is 4.39 Å². The van der Waals surface area contributed by atoms with Crippen LogP contribution in [-0.2, 0) is 17.7 Å². The highest BCUT2D eigenvalue weighted by molar-refractivity contribution is 9.10. The molecule has 0 aliphatic heterocycles. The molecule has 3 nitrogen and oxygen atoms in total. The average Bonchev–Trinajstić information content (AvgIpc) is 2.51. The van der Waals surface area contributed by atoms with E-state index in [-0.39, 0.29) is 12.3 Å². The van der Waals surface area contributed by atoms with Crippen LogP contribution in [0.15, 0.2) is 40.9 Å². The van der Waals surface area contributed by atoms with Crippen LogP contribution in [0.25, 0.3) is 0 Å². The zero-order valence-electron chi connectivity index (χ0n) is 11.7. The minimum Gasteiger partial charge on any atom is -0.454 e. The first-order valence-corrected chi connectivity index (χ1v) is 7.37. The summed E-state index contributed by atoms with van der Waals surface area (Å²) in [6, 6.07) is 10.8. The number of ether oxygens (including phenoxy) is 2. The molecule has 2 N–H and O–H groups in total. The molecule has 2 aromatic rings. The maximum absolute atomic E-state index is 14.1. The Bertz CT molecular complexity index is 602. The van der Waals surface area contributed by atoms with Gasteiger partial charge in [-0.3, -0.25) is 0 Å². The van der Waals surface area contributed by atoms with Gasteiger partial charge in [-0.2, -0.15) is 0 Å². The minimum absolute atomic E-state index is 0.170. The lowest BCUT2D eigenvalue weighted by atomic mass is 10.1. The van der Waals surface area contributed by atoms with Gasteiger partial charge in [0.05, 0.1) is 11.1 Å². The summed E-state index contributed by atoms with van der Waals surface area (Å²) in [5.41, 5.74) is 7.38. The summed E-state index contributed by atoms with van der Waals surface area (Å²) >= 11 is 3.20. The fraction of sp³-hybridized carbons (Fsp3) is 0.250. The van der Waals surface area contributed by atoms with E-state index >= 15 is 0 Å². The van der Waals surface area contributed by atoms with Gasteiger partial charge in [0.25, 0.3) is 0 Å². The summed E-state index contributed by atoms with van der Waals surface area (Å²) in [5.74, 6) is 0.313. The van der Waals surface area contributed by atoms with E-state index in [0.717, 1.165) is 12.0 Å². The average molecular weight is 354 g/mol. The fourth-order valence-corrected chi connectivity index (χ4v) is 2.37. The van der Waals surface area contributed by atoms with Crippen molar-refractivity contribution in [3.63, 3.8) is 0 Å². The largest absolute Gasteiger partial charge is 0.454 e. The Kier molecular flexibility index (Phi) is 5.73. The molecule has 0 heterocycles. The minimum atomic E-state index is -0.443. The molecule has 2 rings (SSSR count). The number of nitrogens with two attached hydrogens (primary N) is 1. The number of rotatable bonds is 6. The van der Waals surface area contributed by atoms with Crippen LogP contribution in [0.3, 0.4) is 0 Å². The van der Waals surface area contributed by atoms with Crippen LogP contribution in [-0.4, -0.2) is 13.7 Å². The van der Waals surface area contributed by atoms with Crippen LogP contribution in [0.2, 0.25) is 0 Å². The van der Waals surface area contributed by atoms with Crippen molar-refractivity contribution in [1.82, 2.24) is 0 Å². The lowest BCUT2D eigenvalue weighted by Gasteiger charge is -2.10. The normalized spacial score (nSPS) is 10.7. The molecule has 0 fully saturated rings. The Labute approximate surface area is 132 Å². The van der Waals surface area contributed by atoms with Crippen molar-refractivity contribution in [3.8, 4) is 11.5 Å².